The molecule has 1 fully saturated rings. The fraction of sp³-hybridized carbons (Fsp3) is 0.467. The van der Waals surface area contributed by atoms with Crippen molar-refractivity contribution in [2.24, 2.45) is 0 Å². The molecule has 0 aliphatic carbocycles. The lowest BCUT2D eigenvalue weighted by Crippen LogP contribution is -2.41. The minimum atomic E-state index is -0.143. The number of thiophene rings is 1. The van der Waals surface area contributed by atoms with Crippen LogP contribution in [0.2, 0.25) is 0 Å². The van der Waals surface area contributed by atoms with Crippen LogP contribution in [-0.2, 0) is 6.54 Å². The minimum Gasteiger partial charge on any atom is -0.336 e. The molecular formula is C15H21N5OS. The Bertz CT molecular complexity index is 563. The van der Waals surface area contributed by atoms with Gasteiger partial charge in [-0.1, -0.05) is 6.07 Å². The summed E-state index contributed by atoms with van der Waals surface area (Å²) in [5.41, 5.74) is 0.893. The zero-order valence-electron chi connectivity index (χ0n) is 12.4. The number of nitrogens with one attached hydrogen (secondary N) is 3. The average molecular weight is 319 g/mol. The summed E-state index contributed by atoms with van der Waals surface area (Å²) in [7, 11) is 0. The van der Waals surface area contributed by atoms with Crippen molar-refractivity contribution < 1.29 is 4.79 Å². The average Bonchev–Trinajstić information content (AvgIpc) is 3.27. The molecule has 0 saturated carbocycles. The Labute approximate surface area is 133 Å². The van der Waals surface area contributed by atoms with Gasteiger partial charge in [-0.3, -0.25) is 10.00 Å². The third kappa shape index (κ3) is 3.86. The maximum absolute atomic E-state index is 12.0. The number of aromatic amines is 1. The number of nitrogens with zero attached hydrogens (tertiary/aromatic N) is 2. The molecule has 0 bridgehead atoms. The Kier molecular flexibility index (Phi) is 5.07. The van der Waals surface area contributed by atoms with Gasteiger partial charge in [0.25, 0.3) is 0 Å². The maximum Gasteiger partial charge on any atom is 0.315 e. The molecule has 3 heterocycles. The second kappa shape index (κ2) is 7.42. The molecule has 0 aromatic carbocycles. The van der Waals surface area contributed by atoms with Crippen molar-refractivity contribution in [3.63, 3.8) is 0 Å². The number of likely N-dealkylation sites (tertiary alicyclic amines) is 1. The van der Waals surface area contributed by atoms with Gasteiger partial charge in [0.2, 0.25) is 0 Å². The molecule has 22 heavy (non-hydrogen) atoms. The van der Waals surface area contributed by atoms with E-state index in [1.165, 1.54) is 17.7 Å². The van der Waals surface area contributed by atoms with E-state index in [2.05, 4.69) is 43.2 Å². The van der Waals surface area contributed by atoms with Gasteiger partial charge in [0.15, 0.2) is 0 Å². The van der Waals surface area contributed by atoms with E-state index in [9.17, 15) is 4.79 Å². The molecule has 1 atom stereocenters. The Morgan fingerprint density at radius 2 is 2.23 bits per heavy atom. The van der Waals surface area contributed by atoms with Crippen LogP contribution in [0.1, 0.15) is 29.5 Å². The van der Waals surface area contributed by atoms with E-state index in [4.69, 9.17) is 0 Å². The van der Waals surface area contributed by atoms with E-state index in [0.717, 1.165) is 18.8 Å². The summed E-state index contributed by atoms with van der Waals surface area (Å²) in [6, 6.07) is 6.20. The van der Waals surface area contributed by atoms with Gasteiger partial charge >= 0.3 is 6.03 Å². The van der Waals surface area contributed by atoms with Crippen LogP contribution >= 0.6 is 11.3 Å². The zero-order valence-corrected chi connectivity index (χ0v) is 13.2. The first-order valence-electron chi connectivity index (χ1n) is 7.60. The Morgan fingerprint density at radius 3 is 2.91 bits per heavy atom. The predicted molar refractivity (Wildman–Crippen MR) is 86.7 cm³/mol. The van der Waals surface area contributed by atoms with Crippen molar-refractivity contribution in [2.75, 3.05) is 19.6 Å². The fourth-order valence-corrected chi connectivity index (χ4v) is 3.62. The van der Waals surface area contributed by atoms with Crippen molar-refractivity contribution in [1.82, 2.24) is 25.7 Å². The first-order chi connectivity index (χ1) is 10.8. The molecule has 3 rings (SSSR count). The van der Waals surface area contributed by atoms with Gasteiger partial charge in [-0.25, -0.2) is 4.79 Å². The van der Waals surface area contributed by atoms with Crippen LogP contribution in [0.25, 0.3) is 0 Å². The molecule has 1 aliphatic rings. The zero-order chi connectivity index (χ0) is 15.2. The monoisotopic (exact) mass is 319 g/mol. The largest absolute Gasteiger partial charge is 0.336 e. The first-order valence-corrected chi connectivity index (χ1v) is 8.48. The third-order valence-electron chi connectivity index (χ3n) is 3.91. The predicted octanol–water partition coefficient (Wildman–Crippen LogP) is 2.11. The number of hydrogen-bond donors (Lipinski definition) is 3. The third-order valence-corrected chi connectivity index (χ3v) is 4.88. The standard InChI is InChI=1S/C15H21N5OS/c21-15(16-10-12-5-6-18-19-12)17-11-13(14-4-3-9-22-14)20-7-1-2-8-20/h3-6,9,13H,1-2,7-8,10-11H2,(H,18,19)(H2,16,17,21)/t13-/m1/s1. The van der Waals surface area contributed by atoms with Crippen LogP contribution in [0, 0.1) is 0 Å². The van der Waals surface area contributed by atoms with Gasteiger partial charge in [-0.2, -0.15) is 5.10 Å². The number of carbonyl (C=O) groups is 1. The van der Waals surface area contributed by atoms with Crippen molar-refractivity contribution in [3.8, 4) is 0 Å². The van der Waals surface area contributed by atoms with E-state index >= 15 is 0 Å². The topological polar surface area (TPSA) is 73.0 Å². The van der Waals surface area contributed by atoms with E-state index in [1.54, 1.807) is 17.5 Å². The molecule has 0 radical (unpaired) electrons. The molecule has 1 saturated heterocycles. The summed E-state index contributed by atoms with van der Waals surface area (Å²) >= 11 is 1.75. The van der Waals surface area contributed by atoms with Crippen LogP contribution in [0.3, 0.4) is 0 Å². The van der Waals surface area contributed by atoms with Crippen LogP contribution in [-0.4, -0.2) is 40.8 Å². The second-order valence-electron chi connectivity index (χ2n) is 5.42. The molecule has 0 unspecified atom stereocenters. The van der Waals surface area contributed by atoms with E-state index in [0.29, 0.717) is 13.1 Å². The molecule has 118 valence electrons. The summed E-state index contributed by atoms with van der Waals surface area (Å²) in [4.78, 5) is 15.7. The lowest BCUT2D eigenvalue weighted by molar-refractivity contribution is 0.222. The number of amides is 2. The van der Waals surface area contributed by atoms with Crippen LogP contribution in [0.5, 0.6) is 0 Å². The Hall–Kier alpha value is -1.86. The number of hydrogen-bond acceptors (Lipinski definition) is 4. The number of urea groups is 1. The number of carbonyl (C=O) groups excluding carboxylic acids is 1. The Balaban J connectivity index is 1.51. The molecular weight excluding hydrogens is 298 g/mol. The lowest BCUT2D eigenvalue weighted by Gasteiger charge is -2.26. The van der Waals surface area contributed by atoms with Crippen molar-refractivity contribution in [1.29, 1.82) is 0 Å². The highest BCUT2D eigenvalue weighted by atomic mass is 32.1. The summed E-state index contributed by atoms with van der Waals surface area (Å²) in [6.45, 7) is 3.31. The van der Waals surface area contributed by atoms with Crippen molar-refractivity contribution >= 4 is 17.4 Å². The van der Waals surface area contributed by atoms with Crippen LogP contribution in [0.15, 0.2) is 29.8 Å². The lowest BCUT2D eigenvalue weighted by atomic mass is 10.2. The number of aromatic nitrogens is 2. The number of rotatable bonds is 6. The maximum atomic E-state index is 12.0. The highest BCUT2D eigenvalue weighted by molar-refractivity contribution is 7.10. The van der Waals surface area contributed by atoms with E-state index in [-0.39, 0.29) is 12.1 Å². The van der Waals surface area contributed by atoms with Crippen LogP contribution < -0.4 is 10.6 Å². The molecule has 2 aromatic heterocycles. The van der Waals surface area contributed by atoms with Gasteiger partial charge in [0.1, 0.15) is 0 Å². The highest BCUT2D eigenvalue weighted by Gasteiger charge is 2.24. The summed E-state index contributed by atoms with van der Waals surface area (Å²) in [5.74, 6) is 0. The summed E-state index contributed by atoms with van der Waals surface area (Å²) in [5, 5.41) is 14.6. The molecule has 1 aliphatic heterocycles. The summed E-state index contributed by atoms with van der Waals surface area (Å²) in [6.07, 6.45) is 4.16. The van der Waals surface area contributed by atoms with E-state index in [1.807, 2.05) is 6.07 Å². The molecule has 0 spiro atoms. The van der Waals surface area contributed by atoms with Crippen molar-refractivity contribution in [3.05, 3.63) is 40.3 Å². The SMILES string of the molecule is O=C(NCc1ccn[nH]1)NC[C@H](c1cccs1)N1CCCC1. The highest BCUT2D eigenvalue weighted by Crippen LogP contribution is 2.27. The van der Waals surface area contributed by atoms with Gasteiger partial charge < -0.3 is 10.6 Å². The van der Waals surface area contributed by atoms with Crippen molar-refractivity contribution in [2.45, 2.75) is 25.4 Å². The van der Waals surface area contributed by atoms with Gasteiger partial charge in [-0.15, -0.1) is 11.3 Å². The summed E-state index contributed by atoms with van der Waals surface area (Å²) < 4.78 is 0. The fourth-order valence-electron chi connectivity index (χ4n) is 2.75. The minimum absolute atomic E-state index is 0.143. The molecule has 2 aromatic rings. The van der Waals surface area contributed by atoms with Gasteiger partial charge in [0, 0.05) is 17.6 Å². The molecule has 7 heteroatoms. The first kappa shape index (κ1) is 15.1. The van der Waals surface area contributed by atoms with E-state index < -0.39 is 0 Å². The van der Waals surface area contributed by atoms with Gasteiger partial charge in [0.05, 0.1) is 18.3 Å². The van der Waals surface area contributed by atoms with Crippen LogP contribution in [0.4, 0.5) is 4.79 Å². The normalized spacial score (nSPS) is 16.5. The second-order valence-corrected chi connectivity index (χ2v) is 6.40. The quantitative estimate of drug-likeness (QED) is 0.763. The van der Waals surface area contributed by atoms with Gasteiger partial charge in [-0.05, 0) is 43.4 Å². The smallest absolute Gasteiger partial charge is 0.315 e. The Morgan fingerprint density at radius 1 is 1.36 bits per heavy atom. The molecule has 2 amide bonds. The molecule has 3 N–H and O–H groups in total. The number of H-pyrrole nitrogens is 1. The molecule has 6 nitrogen and oxygen atoms in total.